The lowest BCUT2D eigenvalue weighted by Crippen LogP contribution is -2.30. The Morgan fingerprint density at radius 3 is 2.64 bits per heavy atom. The van der Waals surface area contributed by atoms with Gasteiger partial charge in [-0.25, -0.2) is 4.98 Å². The lowest BCUT2D eigenvalue weighted by molar-refractivity contribution is -0.131. The van der Waals surface area contributed by atoms with E-state index in [0.29, 0.717) is 17.7 Å². The number of rotatable bonds is 5. The molecule has 1 saturated heterocycles. The molecule has 180 valence electrons. The van der Waals surface area contributed by atoms with E-state index >= 15 is 0 Å². The predicted molar refractivity (Wildman–Crippen MR) is 142 cm³/mol. The summed E-state index contributed by atoms with van der Waals surface area (Å²) in [5, 5.41) is 8.26. The molecule has 6 nitrogen and oxygen atoms in total. The van der Waals surface area contributed by atoms with E-state index < -0.39 is 0 Å². The third kappa shape index (κ3) is 3.68. The SMILES string of the molecule is Cc1cccc2nc(-c3ccc(-c4ccc5[nH]ncc5c4)cc3)n(C[C@H]3CCN(C(=O)C4CC4)C3)c12. The summed E-state index contributed by atoms with van der Waals surface area (Å²) in [6.07, 6.45) is 5.06. The monoisotopic (exact) mass is 475 g/mol. The second-order valence-electron chi connectivity index (χ2n) is 10.5. The second kappa shape index (κ2) is 8.33. The summed E-state index contributed by atoms with van der Waals surface area (Å²) >= 11 is 0. The number of aromatic amines is 1. The number of hydrogen-bond donors (Lipinski definition) is 1. The maximum atomic E-state index is 12.6. The Morgan fingerprint density at radius 2 is 1.81 bits per heavy atom. The first-order valence-corrected chi connectivity index (χ1v) is 12.9. The van der Waals surface area contributed by atoms with Crippen LogP contribution in [0.1, 0.15) is 24.8 Å². The molecule has 0 unspecified atom stereocenters. The maximum Gasteiger partial charge on any atom is 0.225 e. The molecule has 1 N–H and O–H groups in total. The number of aryl methyl sites for hydroxylation is 1. The number of likely N-dealkylation sites (tertiary alicyclic amines) is 1. The Bertz CT molecular complexity index is 1590. The highest BCUT2D eigenvalue weighted by Gasteiger charge is 2.36. The molecule has 0 bridgehead atoms. The first kappa shape index (κ1) is 21.4. The van der Waals surface area contributed by atoms with E-state index in [9.17, 15) is 4.79 Å². The van der Waals surface area contributed by atoms with E-state index in [4.69, 9.17) is 4.98 Å². The second-order valence-corrected chi connectivity index (χ2v) is 10.5. The van der Waals surface area contributed by atoms with Crippen molar-refractivity contribution in [1.82, 2.24) is 24.6 Å². The molecule has 7 rings (SSSR count). The van der Waals surface area contributed by atoms with Crippen molar-refractivity contribution in [3.8, 4) is 22.5 Å². The molecule has 1 aliphatic carbocycles. The minimum atomic E-state index is 0.295. The van der Waals surface area contributed by atoms with E-state index in [1.807, 2.05) is 6.20 Å². The summed E-state index contributed by atoms with van der Waals surface area (Å²) in [5.41, 5.74) is 7.97. The highest BCUT2D eigenvalue weighted by atomic mass is 16.2. The topological polar surface area (TPSA) is 66.8 Å². The lowest BCUT2D eigenvalue weighted by Gasteiger charge is -2.18. The van der Waals surface area contributed by atoms with Crippen molar-refractivity contribution in [3.63, 3.8) is 0 Å². The molecule has 5 aromatic rings. The van der Waals surface area contributed by atoms with Crippen LogP contribution in [0.3, 0.4) is 0 Å². The van der Waals surface area contributed by atoms with Crippen molar-refractivity contribution in [3.05, 3.63) is 72.4 Å². The van der Waals surface area contributed by atoms with Gasteiger partial charge in [0.2, 0.25) is 5.91 Å². The van der Waals surface area contributed by atoms with Gasteiger partial charge in [-0.1, -0.05) is 42.5 Å². The van der Waals surface area contributed by atoms with Crippen LogP contribution in [-0.2, 0) is 11.3 Å². The lowest BCUT2D eigenvalue weighted by atomic mass is 10.0. The van der Waals surface area contributed by atoms with Gasteiger partial charge in [-0.2, -0.15) is 5.10 Å². The number of carbonyl (C=O) groups excluding carboxylic acids is 1. The van der Waals surface area contributed by atoms with Crippen molar-refractivity contribution in [2.24, 2.45) is 11.8 Å². The fourth-order valence-electron chi connectivity index (χ4n) is 5.73. The van der Waals surface area contributed by atoms with E-state index in [1.165, 1.54) is 22.2 Å². The van der Waals surface area contributed by atoms with E-state index in [1.54, 1.807) is 0 Å². The highest BCUT2D eigenvalue weighted by Crippen LogP contribution is 2.35. The molecule has 0 spiro atoms. The largest absolute Gasteiger partial charge is 0.342 e. The van der Waals surface area contributed by atoms with Gasteiger partial charge in [0, 0.05) is 36.5 Å². The number of nitrogens with one attached hydrogen (secondary N) is 1. The summed E-state index contributed by atoms with van der Waals surface area (Å²) in [7, 11) is 0. The Morgan fingerprint density at radius 1 is 1.00 bits per heavy atom. The summed E-state index contributed by atoms with van der Waals surface area (Å²) < 4.78 is 2.40. The van der Waals surface area contributed by atoms with Crippen LogP contribution in [0.15, 0.2) is 66.9 Å². The zero-order valence-corrected chi connectivity index (χ0v) is 20.4. The number of carbonyl (C=O) groups is 1. The molecule has 3 heterocycles. The zero-order valence-electron chi connectivity index (χ0n) is 20.4. The maximum absolute atomic E-state index is 12.6. The Labute approximate surface area is 210 Å². The van der Waals surface area contributed by atoms with Gasteiger partial charge < -0.3 is 9.47 Å². The number of H-pyrrole nitrogens is 1. The number of hydrogen-bond acceptors (Lipinski definition) is 3. The van der Waals surface area contributed by atoms with Crippen LogP contribution in [-0.4, -0.2) is 43.6 Å². The Hall–Kier alpha value is -3.93. The fraction of sp³-hybridized carbons (Fsp3) is 0.300. The van der Waals surface area contributed by atoms with Gasteiger partial charge in [-0.3, -0.25) is 9.89 Å². The average molecular weight is 476 g/mol. The molecule has 6 heteroatoms. The van der Waals surface area contributed by atoms with Gasteiger partial charge in [0.15, 0.2) is 0 Å². The van der Waals surface area contributed by atoms with Crippen LogP contribution in [0, 0.1) is 18.8 Å². The van der Waals surface area contributed by atoms with E-state index in [2.05, 4.69) is 87.3 Å². The van der Waals surface area contributed by atoms with E-state index in [0.717, 1.165) is 66.7 Å². The van der Waals surface area contributed by atoms with Gasteiger partial charge in [-0.05, 0) is 67.0 Å². The summed E-state index contributed by atoms with van der Waals surface area (Å²) in [6.45, 7) is 4.79. The molecule has 1 aliphatic heterocycles. The van der Waals surface area contributed by atoms with Crippen LogP contribution in [0.2, 0.25) is 0 Å². The quantitative estimate of drug-likeness (QED) is 0.349. The number of fused-ring (bicyclic) bond motifs is 2. The number of aromatic nitrogens is 4. The number of nitrogens with zero attached hydrogens (tertiary/aromatic N) is 4. The number of para-hydroxylation sites is 1. The average Bonchev–Trinajstić information content (AvgIpc) is 3.29. The Balaban J connectivity index is 1.22. The van der Waals surface area contributed by atoms with Crippen molar-refractivity contribution < 1.29 is 4.79 Å². The molecule has 2 fully saturated rings. The first-order valence-electron chi connectivity index (χ1n) is 12.9. The molecular weight excluding hydrogens is 446 g/mol. The fourth-order valence-corrected chi connectivity index (χ4v) is 5.73. The first-order chi connectivity index (χ1) is 17.6. The zero-order chi connectivity index (χ0) is 24.2. The molecule has 0 radical (unpaired) electrons. The predicted octanol–water partition coefficient (Wildman–Crippen LogP) is 5.81. The van der Waals surface area contributed by atoms with Crippen molar-refractivity contribution in [2.45, 2.75) is 32.7 Å². The van der Waals surface area contributed by atoms with Crippen molar-refractivity contribution >= 4 is 27.8 Å². The standard InChI is InChI=1S/C30H29N5O/c1-19-3-2-4-27-28(19)35(18-20-13-14-34(17-20)30(36)23-9-10-23)29(32-27)22-7-5-21(6-8-22)24-11-12-26-25(15-24)16-31-33-26/h2-8,11-12,15-16,20,23H,9-10,13-14,17-18H2,1H3,(H,31,33)/t20-/m0/s1. The summed E-state index contributed by atoms with van der Waals surface area (Å²) in [6, 6.07) is 21.4. The van der Waals surface area contributed by atoms with Crippen LogP contribution in [0.5, 0.6) is 0 Å². The van der Waals surface area contributed by atoms with Gasteiger partial charge >= 0.3 is 0 Å². The number of amides is 1. The minimum absolute atomic E-state index is 0.295. The molecule has 1 saturated carbocycles. The molecule has 2 aromatic heterocycles. The smallest absolute Gasteiger partial charge is 0.225 e. The third-order valence-electron chi connectivity index (χ3n) is 7.85. The summed E-state index contributed by atoms with van der Waals surface area (Å²) in [5.74, 6) is 2.12. The molecular formula is C30H29N5O. The van der Waals surface area contributed by atoms with E-state index in [-0.39, 0.29) is 0 Å². The van der Waals surface area contributed by atoms with Gasteiger partial charge in [-0.15, -0.1) is 0 Å². The van der Waals surface area contributed by atoms with Crippen LogP contribution in [0.4, 0.5) is 0 Å². The molecule has 1 amide bonds. The summed E-state index contributed by atoms with van der Waals surface area (Å²) in [4.78, 5) is 19.8. The van der Waals surface area contributed by atoms with Crippen molar-refractivity contribution in [2.75, 3.05) is 13.1 Å². The van der Waals surface area contributed by atoms with Crippen LogP contribution in [0.25, 0.3) is 44.5 Å². The molecule has 36 heavy (non-hydrogen) atoms. The highest BCUT2D eigenvalue weighted by molar-refractivity contribution is 5.86. The molecule has 2 aliphatic rings. The minimum Gasteiger partial charge on any atom is -0.342 e. The van der Waals surface area contributed by atoms with Crippen LogP contribution >= 0.6 is 0 Å². The van der Waals surface area contributed by atoms with Gasteiger partial charge in [0.25, 0.3) is 0 Å². The number of imidazole rings is 1. The van der Waals surface area contributed by atoms with Crippen LogP contribution < -0.4 is 0 Å². The van der Waals surface area contributed by atoms with Gasteiger partial charge in [0.05, 0.1) is 22.7 Å². The van der Waals surface area contributed by atoms with Gasteiger partial charge in [0.1, 0.15) is 5.82 Å². The third-order valence-corrected chi connectivity index (χ3v) is 7.85. The number of benzene rings is 3. The Kier molecular flexibility index (Phi) is 4.94. The molecule has 3 aromatic carbocycles. The normalized spacial score (nSPS) is 17.9. The molecule has 1 atom stereocenters. The van der Waals surface area contributed by atoms with Crippen molar-refractivity contribution in [1.29, 1.82) is 0 Å².